The van der Waals surface area contributed by atoms with Crippen LogP contribution in [-0.4, -0.2) is 7.28 Å². The minimum Gasteiger partial charge on any atom is -0.457 e. The predicted molar refractivity (Wildman–Crippen MR) is 236 cm³/mol. The van der Waals surface area contributed by atoms with Crippen LogP contribution in [0.4, 0.5) is 45.5 Å². The molecule has 0 bridgehead atoms. The average molecular weight is 723 g/mol. The van der Waals surface area contributed by atoms with Crippen LogP contribution in [0.1, 0.15) is 25.0 Å². The maximum atomic E-state index is 6.49. The van der Waals surface area contributed by atoms with Crippen molar-refractivity contribution < 1.29 is 4.74 Å². The zero-order chi connectivity index (χ0) is 37.9. The molecule has 8 aromatic carbocycles. The fourth-order valence-electron chi connectivity index (χ4n) is 7.74. The summed E-state index contributed by atoms with van der Waals surface area (Å²) in [6, 6.07) is 72.4. The second kappa shape index (κ2) is 15.0. The molecule has 269 valence electrons. The van der Waals surface area contributed by atoms with Gasteiger partial charge in [-0.15, -0.1) is 0 Å². The molecule has 0 saturated carbocycles. The van der Waals surface area contributed by atoms with Crippen LogP contribution < -0.4 is 30.8 Å². The van der Waals surface area contributed by atoms with E-state index in [0.717, 1.165) is 73.5 Å². The van der Waals surface area contributed by atoms with E-state index in [2.05, 4.69) is 230 Å². The molecule has 0 atom stereocenters. The van der Waals surface area contributed by atoms with Gasteiger partial charge in [-0.2, -0.15) is 0 Å². The Morgan fingerprint density at radius 1 is 0.429 bits per heavy atom. The van der Waals surface area contributed by atoms with E-state index < -0.39 is 0 Å². The first kappa shape index (κ1) is 34.8. The molecule has 0 saturated heterocycles. The van der Waals surface area contributed by atoms with Crippen LogP contribution in [0.5, 0.6) is 11.5 Å². The Bertz CT molecular complexity index is 2560. The molecule has 56 heavy (non-hydrogen) atoms. The van der Waals surface area contributed by atoms with E-state index >= 15 is 0 Å². The Morgan fingerprint density at radius 3 is 1.62 bits per heavy atom. The van der Waals surface area contributed by atoms with Gasteiger partial charge in [0.25, 0.3) is 0 Å². The first-order chi connectivity index (χ1) is 27.5. The molecule has 1 heterocycles. The molecular weight excluding hydrogens is 681 g/mol. The summed E-state index contributed by atoms with van der Waals surface area (Å²) in [6.07, 6.45) is 0. The van der Waals surface area contributed by atoms with Gasteiger partial charge in [-0.1, -0.05) is 140 Å². The van der Waals surface area contributed by atoms with Crippen molar-refractivity contribution in [1.29, 1.82) is 0 Å². The number of nitrogens with zero attached hydrogens (tertiary/aromatic N) is 2. The van der Waals surface area contributed by atoms with Crippen LogP contribution in [-0.2, 0) is 5.41 Å². The summed E-state index contributed by atoms with van der Waals surface area (Å²) in [4.78, 5) is 4.70. The number of anilines is 8. The number of hydrogen-bond acceptors (Lipinski definition) is 4. The lowest BCUT2D eigenvalue weighted by atomic mass is 9.62. The van der Waals surface area contributed by atoms with Crippen molar-refractivity contribution >= 4 is 63.7 Å². The molecule has 0 unspecified atom stereocenters. The normalized spacial score (nSPS) is 12.4. The molecule has 4 nitrogen and oxygen atoms in total. The van der Waals surface area contributed by atoms with E-state index in [0.29, 0.717) is 0 Å². The molecule has 0 aromatic heterocycles. The van der Waals surface area contributed by atoms with Gasteiger partial charge in [-0.05, 0) is 91.0 Å². The van der Waals surface area contributed by atoms with Crippen LogP contribution in [0, 0.1) is 0 Å². The number of rotatable bonds is 10. The summed E-state index contributed by atoms with van der Waals surface area (Å²) < 4.78 is 6.49. The number of ether oxygens (including phenoxy) is 1. The van der Waals surface area contributed by atoms with E-state index in [4.69, 9.17) is 4.74 Å². The number of para-hydroxylation sites is 6. The van der Waals surface area contributed by atoms with Crippen molar-refractivity contribution in [3.8, 4) is 11.5 Å². The lowest BCUT2D eigenvalue weighted by molar-refractivity contribution is 0.418. The summed E-state index contributed by atoms with van der Waals surface area (Å²) in [5.74, 6) is 1.80. The van der Waals surface area contributed by atoms with Gasteiger partial charge in [0.05, 0.1) is 0 Å². The Hall–Kier alpha value is -6.98. The minimum atomic E-state index is -0.259. The highest BCUT2D eigenvalue weighted by molar-refractivity contribution is 6.70. The Balaban J connectivity index is 1.22. The second-order valence-corrected chi connectivity index (χ2v) is 14.5. The van der Waals surface area contributed by atoms with Crippen LogP contribution in [0.3, 0.4) is 0 Å². The Labute approximate surface area is 330 Å². The van der Waals surface area contributed by atoms with Crippen molar-refractivity contribution in [2.45, 2.75) is 19.3 Å². The van der Waals surface area contributed by atoms with Gasteiger partial charge in [0, 0.05) is 62.0 Å². The summed E-state index contributed by atoms with van der Waals surface area (Å²) in [6.45, 7) is 4.57. The molecule has 1 aliphatic heterocycles. The Morgan fingerprint density at radius 2 is 0.946 bits per heavy atom. The van der Waals surface area contributed by atoms with Gasteiger partial charge in [0.2, 0.25) is 0 Å². The number of benzene rings is 8. The zero-order valence-corrected chi connectivity index (χ0v) is 31.5. The van der Waals surface area contributed by atoms with Crippen LogP contribution >= 0.6 is 0 Å². The molecular formula is C51H41BN3O. The molecule has 1 radical (unpaired) electrons. The zero-order valence-electron chi connectivity index (χ0n) is 31.5. The Kier molecular flexibility index (Phi) is 9.34. The minimum absolute atomic E-state index is 0.259. The highest BCUT2D eigenvalue weighted by Gasteiger charge is 2.35. The topological polar surface area (TPSA) is 27.7 Å². The van der Waals surface area contributed by atoms with Crippen LogP contribution in [0.2, 0.25) is 0 Å². The summed E-state index contributed by atoms with van der Waals surface area (Å²) >= 11 is 0. The number of fused-ring (bicyclic) bond motifs is 2. The second-order valence-electron chi connectivity index (χ2n) is 14.5. The molecule has 0 amide bonds. The van der Waals surface area contributed by atoms with Gasteiger partial charge in [-0.25, -0.2) is 0 Å². The van der Waals surface area contributed by atoms with E-state index in [-0.39, 0.29) is 5.41 Å². The SMILES string of the molecule is CC1(C)c2ccccc2Oc2ccc(N(c3ccccc3)c3ccc([B]c4ccccc4Nc4ccccc4)c(N(c4ccccc4)c4ccccc4)c3)cc21. The van der Waals surface area contributed by atoms with Crippen molar-refractivity contribution in [3.05, 3.63) is 217 Å². The average Bonchev–Trinajstić information content (AvgIpc) is 3.24. The first-order valence-corrected chi connectivity index (χ1v) is 19.1. The molecule has 0 spiro atoms. The van der Waals surface area contributed by atoms with Crippen molar-refractivity contribution in [3.63, 3.8) is 0 Å². The molecule has 0 fully saturated rings. The fraction of sp³-hybridized carbons (Fsp3) is 0.0588. The van der Waals surface area contributed by atoms with Gasteiger partial charge in [-0.3, -0.25) is 0 Å². The van der Waals surface area contributed by atoms with Crippen molar-refractivity contribution in [1.82, 2.24) is 0 Å². The van der Waals surface area contributed by atoms with Crippen molar-refractivity contribution in [2.75, 3.05) is 15.1 Å². The third kappa shape index (κ3) is 6.80. The smallest absolute Gasteiger partial charge is 0.197 e. The summed E-state index contributed by atoms with van der Waals surface area (Å²) in [5.41, 5.74) is 12.6. The number of nitrogens with one attached hydrogen (secondary N) is 1. The standard InChI is InChI=1S/C51H41BN3O/c1-51(2)43-27-15-18-30-49(43)56-50-34-32-41(35-44(50)51)54(38-21-9-4-10-22-38)42-31-33-46(52-45-28-16-17-29-47(45)53-37-19-7-3-8-20-37)48(36-42)55(39-23-11-5-12-24-39)40-25-13-6-14-26-40/h3-36,53H,1-2H3. The highest BCUT2D eigenvalue weighted by atomic mass is 16.5. The van der Waals surface area contributed by atoms with Crippen LogP contribution in [0.25, 0.3) is 0 Å². The maximum absolute atomic E-state index is 6.49. The molecule has 8 aromatic rings. The molecule has 1 aliphatic rings. The quantitative estimate of drug-likeness (QED) is 0.142. The fourth-order valence-corrected chi connectivity index (χ4v) is 7.74. The third-order valence-electron chi connectivity index (χ3n) is 10.6. The van der Waals surface area contributed by atoms with E-state index in [9.17, 15) is 0 Å². The van der Waals surface area contributed by atoms with Gasteiger partial charge in [0.15, 0.2) is 7.28 Å². The van der Waals surface area contributed by atoms with E-state index in [1.165, 1.54) is 5.56 Å². The van der Waals surface area contributed by atoms with E-state index in [1.54, 1.807) is 0 Å². The first-order valence-electron chi connectivity index (χ1n) is 19.1. The van der Waals surface area contributed by atoms with Gasteiger partial charge >= 0.3 is 0 Å². The number of hydrogen-bond donors (Lipinski definition) is 1. The van der Waals surface area contributed by atoms with Gasteiger partial charge in [0.1, 0.15) is 11.5 Å². The monoisotopic (exact) mass is 722 g/mol. The third-order valence-corrected chi connectivity index (χ3v) is 10.6. The molecule has 1 N–H and O–H groups in total. The van der Waals surface area contributed by atoms with Crippen LogP contribution in [0.15, 0.2) is 206 Å². The predicted octanol–water partition coefficient (Wildman–Crippen LogP) is 12.5. The largest absolute Gasteiger partial charge is 0.457 e. The lowest BCUT2D eigenvalue weighted by Gasteiger charge is -2.36. The maximum Gasteiger partial charge on any atom is 0.197 e. The van der Waals surface area contributed by atoms with Crippen molar-refractivity contribution in [2.24, 2.45) is 0 Å². The summed E-state index contributed by atoms with van der Waals surface area (Å²) in [5, 5.41) is 3.65. The molecule has 5 heteroatoms. The summed E-state index contributed by atoms with van der Waals surface area (Å²) in [7, 11) is 2.28. The highest BCUT2D eigenvalue weighted by Crippen LogP contribution is 2.50. The lowest BCUT2D eigenvalue weighted by Crippen LogP contribution is -2.33. The molecule has 9 rings (SSSR count). The van der Waals surface area contributed by atoms with E-state index in [1.807, 2.05) is 12.1 Å². The molecule has 0 aliphatic carbocycles. The van der Waals surface area contributed by atoms with Gasteiger partial charge < -0.3 is 19.9 Å².